The molecule has 0 aliphatic heterocycles. The van der Waals surface area contributed by atoms with Crippen molar-refractivity contribution < 1.29 is 9.13 Å². The number of nitrogen functional groups attached to an aromatic ring is 1. The Kier molecular flexibility index (Phi) is 8.35. The summed E-state index contributed by atoms with van der Waals surface area (Å²) in [7, 11) is -1.25. The van der Waals surface area contributed by atoms with Crippen LogP contribution in [0.25, 0.3) is 22.2 Å². The van der Waals surface area contributed by atoms with Crippen molar-refractivity contribution in [1.82, 2.24) is 14.5 Å². The molecule has 40 heavy (non-hydrogen) atoms. The van der Waals surface area contributed by atoms with E-state index in [1.54, 1.807) is 18.2 Å². The number of nitrogens with two attached hydrogens (primary N) is 1. The molecule has 0 spiro atoms. The first-order chi connectivity index (χ1) is 19.2. The third-order valence-corrected chi connectivity index (χ3v) is 8.96. The van der Waals surface area contributed by atoms with Crippen LogP contribution >= 0.6 is 11.6 Å². The zero-order valence-corrected chi connectivity index (χ0v) is 24.8. The minimum atomic E-state index is -1.25. The highest BCUT2D eigenvalue weighted by molar-refractivity contribution is 6.76. The summed E-state index contributed by atoms with van der Waals surface area (Å²) in [6.45, 7) is 8.01. The van der Waals surface area contributed by atoms with Gasteiger partial charge in [-0.2, -0.15) is 0 Å². The number of ether oxygens (including phenoxy) is 1. The van der Waals surface area contributed by atoms with E-state index >= 15 is 0 Å². The van der Waals surface area contributed by atoms with Gasteiger partial charge in [-0.25, -0.2) is 9.37 Å². The molecule has 206 valence electrons. The fraction of sp³-hybridized carbons (Fsp3) is 0.250. The Morgan fingerprint density at radius 2 is 1.80 bits per heavy atom. The lowest BCUT2D eigenvalue weighted by molar-refractivity contribution is 0.0874. The molecule has 0 amide bonds. The largest absolute Gasteiger partial charge is 0.398 e. The van der Waals surface area contributed by atoms with Crippen molar-refractivity contribution in [2.24, 2.45) is 0 Å². The fourth-order valence-electron chi connectivity index (χ4n) is 4.78. The Morgan fingerprint density at radius 3 is 2.52 bits per heavy atom. The molecule has 0 saturated carbocycles. The lowest BCUT2D eigenvalue weighted by Crippen LogP contribution is -2.22. The predicted octanol–water partition coefficient (Wildman–Crippen LogP) is 8.16. The van der Waals surface area contributed by atoms with E-state index in [1.807, 2.05) is 42.6 Å². The zero-order chi connectivity index (χ0) is 28.3. The molecule has 2 N–H and O–H groups in total. The van der Waals surface area contributed by atoms with E-state index in [2.05, 4.69) is 36.3 Å². The molecule has 2 aromatic heterocycles. The van der Waals surface area contributed by atoms with E-state index in [0.717, 1.165) is 39.8 Å². The van der Waals surface area contributed by atoms with Crippen LogP contribution in [0.4, 0.5) is 10.1 Å². The van der Waals surface area contributed by atoms with Gasteiger partial charge in [0.15, 0.2) is 0 Å². The van der Waals surface area contributed by atoms with E-state index in [-0.39, 0.29) is 11.7 Å². The minimum Gasteiger partial charge on any atom is -0.398 e. The van der Waals surface area contributed by atoms with Gasteiger partial charge in [-0.3, -0.25) is 4.98 Å². The van der Waals surface area contributed by atoms with Crippen LogP contribution in [0.15, 0.2) is 85.1 Å². The first-order valence-corrected chi connectivity index (χ1v) is 17.6. The van der Waals surface area contributed by atoms with E-state index in [0.29, 0.717) is 36.0 Å². The van der Waals surface area contributed by atoms with Gasteiger partial charge in [0.2, 0.25) is 0 Å². The highest BCUT2D eigenvalue weighted by Crippen LogP contribution is 2.33. The Balaban J connectivity index is 1.56. The van der Waals surface area contributed by atoms with Gasteiger partial charge in [0.05, 0.1) is 22.6 Å². The first-order valence-electron chi connectivity index (χ1n) is 13.5. The number of halogens is 2. The summed E-state index contributed by atoms with van der Waals surface area (Å²) in [5, 5.41) is 0.616. The highest BCUT2D eigenvalue weighted by Gasteiger charge is 2.25. The van der Waals surface area contributed by atoms with E-state index in [4.69, 9.17) is 32.0 Å². The predicted molar refractivity (Wildman–Crippen MR) is 165 cm³/mol. The van der Waals surface area contributed by atoms with Crippen molar-refractivity contribution in [2.45, 2.75) is 44.8 Å². The van der Waals surface area contributed by atoms with Crippen LogP contribution in [0.5, 0.6) is 0 Å². The molecule has 1 unspecified atom stereocenters. The molecule has 3 aromatic carbocycles. The normalized spacial score (nSPS) is 12.6. The minimum absolute atomic E-state index is 0.191. The maximum Gasteiger partial charge on any atom is 0.125 e. The summed E-state index contributed by atoms with van der Waals surface area (Å²) in [6.07, 6.45) is 2.50. The zero-order valence-electron chi connectivity index (χ0n) is 23.1. The number of nitrogens with zero attached hydrogens (tertiary/aromatic N) is 3. The summed E-state index contributed by atoms with van der Waals surface area (Å²) in [6, 6.07) is 25.5. The molecular weight excluding hydrogens is 539 g/mol. The molecule has 0 saturated heterocycles. The standard InChI is InChI=1S/C32H34ClFN4OSi/c1-40(2,3)16-15-39-21-38-31-14-11-25(34)19-30(31)37-32(38)27(17-22-7-5-4-6-8-22)29-13-9-23(20-36-29)26-18-24(33)10-12-28(26)35/h4-14,18-20,27H,15-17,21,35H2,1-3H3. The number of fused-ring (bicyclic) bond motifs is 1. The fourth-order valence-corrected chi connectivity index (χ4v) is 5.71. The molecule has 1 atom stereocenters. The summed E-state index contributed by atoms with van der Waals surface area (Å²) < 4.78 is 22.5. The number of benzene rings is 3. The van der Waals surface area contributed by atoms with Crippen LogP contribution in [0.1, 0.15) is 23.0 Å². The molecule has 2 heterocycles. The van der Waals surface area contributed by atoms with Crippen LogP contribution in [0.3, 0.4) is 0 Å². The van der Waals surface area contributed by atoms with Crippen LogP contribution in [0, 0.1) is 5.82 Å². The Morgan fingerprint density at radius 1 is 1.00 bits per heavy atom. The van der Waals surface area contributed by atoms with Crippen molar-refractivity contribution >= 4 is 36.4 Å². The maximum atomic E-state index is 14.2. The van der Waals surface area contributed by atoms with Gasteiger partial charge in [-0.05, 0) is 54.4 Å². The van der Waals surface area contributed by atoms with Crippen molar-refractivity contribution in [2.75, 3.05) is 12.3 Å². The van der Waals surface area contributed by atoms with Crippen molar-refractivity contribution in [1.29, 1.82) is 0 Å². The Hall–Kier alpha value is -3.52. The molecule has 0 radical (unpaired) electrons. The quantitative estimate of drug-likeness (QED) is 0.104. The third kappa shape index (κ3) is 6.61. The van der Waals surface area contributed by atoms with Crippen LogP contribution in [-0.4, -0.2) is 29.2 Å². The highest BCUT2D eigenvalue weighted by atomic mass is 35.5. The monoisotopic (exact) mass is 572 g/mol. The Labute approximate surface area is 240 Å². The van der Waals surface area contributed by atoms with E-state index in [1.165, 1.54) is 12.1 Å². The number of hydrogen-bond donors (Lipinski definition) is 1. The average molecular weight is 573 g/mol. The van der Waals surface area contributed by atoms with E-state index < -0.39 is 8.07 Å². The SMILES string of the molecule is C[Si](C)(C)CCOCn1c(C(Cc2ccccc2)c2ccc(-c3cc(Cl)ccc3N)cn2)nc2cc(F)ccc21. The van der Waals surface area contributed by atoms with Gasteiger partial charge in [0, 0.05) is 48.8 Å². The number of aromatic nitrogens is 3. The number of rotatable bonds is 10. The molecule has 5 rings (SSSR count). The molecule has 0 bridgehead atoms. The third-order valence-electron chi connectivity index (χ3n) is 7.02. The van der Waals surface area contributed by atoms with Crippen molar-refractivity contribution in [3.8, 4) is 11.1 Å². The topological polar surface area (TPSA) is 66.0 Å². The second-order valence-corrected chi connectivity index (χ2v) is 17.4. The van der Waals surface area contributed by atoms with Gasteiger partial charge >= 0.3 is 0 Å². The van der Waals surface area contributed by atoms with Crippen LogP contribution < -0.4 is 5.73 Å². The maximum absolute atomic E-state index is 14.2. The second kappa shape index (κ2) is 11.9. The first kappa shape index (κ1) is 28.0. The molecule has 8 heteroatoms. The number of pyridine rings is 1. The van der Waals surface area contributed by atoms with E-state index in [9.17, 15) is 4.39 Å². The van der Waals surface area contributed by atoms with Gasteiger partial charge in [0.25, 0.3) is 0 Å². The molecule has 5 nitrogen and oxygen atoms in total. The van der Waals surface area contributed by atoms with Crippen molar-refractivity contribution in [3.05, 3.63) is 113 Å². The van der Waals surface area contributed by atoms with Gasteiger partial charge < -0.3 is 15.0 Å². The average Bonchev–Trinajstić information content (AvgIpc) is 3.28. The molecular formula is C32H34ClFN4OSi. The number of anilines is 1. The van der Waals surface area contributed by atoms with Crippen LogP contribution in [0.2, 0.25) is 30.7 Å². The Bertz CT molecular complexity index is 1600. The van der Waals surface area contributed by atoms with Crippen LogP contribution in [-0.2, 0) is 17.9 Å². The smallest absolute Gasteiger partial charge is 0.125 e. The van der Waals surface area contributed by atoms with Gasteiger partial charge in [0.1, 0.15) is 18.4 Å². The van der Waals surface area contributed by atoms with Gasteiger partial charge in [-0.1, -0.05) is 67.6 Å². The van der Waals surface area contributed by atoms with Gasteiger partial charge in [-0.15, -0.1) is 0 Å². The summed E-state index contributed by atoms with van der Waals surface area (Å²) in [4.78, 5) is 9.85. The molecule has 5 aromatic rings. The lowest BCUT2D eigenvalue weighted by atomic mass is 9.94. The summed E-state index contributed by atoms with van der Waals surface area (Å²) in [5.41, 5.74) is 12.0. The summed E-state index contributed by atoms with van der Waals surface area (Å²) in [5.74, 6) is 0.286. The molecule has 0 fully saturated rings. The number of imidazole rings is 1. The molecule has 0 aliphatic rings. The number of hydrogen-bond acceptors (Lipinski definition) is 4. The lowest BCUT2D eigenvalue weighted by Gasteiger charge is -2.20. The second-order valence-electron chi connectivity index (χ2n) is 11.3. The van der Waals surface area contributed by atoms with Crippen molar-refractivity contribution in [3.63, 3.8) is 0 Å². The summed E-state index contributed by atoms with van der Waals surface area (Å²) >= 11 is 6.24. The molecule has 0 aliphatic carbocycles.